The van der Waals surface area contributed by atoms with Crippen LogP contribution in [0.15, 0.2) is 0 Å². The Bertz CT molecular complexity index is 372. The molecule has 0 radical (unpaired) electrons. The number of carbonyl (C=O) groups is 2. The minimum absolute atomic E-state index is 0.168. The molecule has 4 nitrogen and oxygen atoms in total. The van der Waals surface area contributed by atoms with Crippen molar-refractivity contribution in [2.75, 3.05) is 11.5 Å². The van der Waals surface area contributed by atoms with Crippen molar-refractivity contribution in [3.8, 4) is 0 Å². The van der Waals surface area contributed by atoms with Crippen LogP contribution < -0.4 is 0 Å². The average molecular weight is 359 g/mol. The Morgan fingerprint density at radius 2 is 2.00 bits per heavy atom. The Morgan fingerprint density at radius 3 is 2.71 bits per heavy atom. The molecule has 1 rings (SSSR count). The van der Waals surface area contributed by atoms with Gasteiger partial charge in [-0.15, -0.1) is 0 Å². The maximum Gasteiger partial charge on any atom is 0.313 e. The second kappa shape index (κ2) is 12.8. The van der Waals surface area contributed by atoms with Crippen LogP contribution in [-0.4, -0.2) is 39.6 Å². The summed E-state index contributed by atoms with van der Waals surface area (Å²) in [5.74, 6) is 1.29. The number of carbonyl (C=O) groups excluding carboxylic acids is 1. The Balaban J connectivity index is 2.19. The van der Waals surface area contributed by atoms with Crippen molar-refractivity contribution in [1.29, 1.82) is 0 Å². The number of thioether (sulfide) groups is 1. The van der Waals surface area contributed by atoms with Crippen molar-refractivity contribution in [3.63, 3.8) is 0 Å². The standard InChI is InChI=1S/C19H34O4S/c1-2-3-4-7-16(20)11-9-15-10-12-18(21)17(15)8-5-6-13-24-14-19(22)23/h15-17,20H,2-14H2,1H3,(H,22,23)/t15-,16?,17+/m0/s1. The van der Waals surface area contributed by atoms with E-state index in [4.69, 9.17) is 5.11 Å². The summed E-state index contributed by atoms with van der Waals surface area (Å²) in [6.07, 6.45) is 10.5. The quantitative estimate of drug-likeness (QED) is 0.453. The Hall–Kier alpha value is -0.550. The first-order valence-corrected chi connectivity index (χ1v) is 10.7. The van der Waals surface area contributed by atoms with E-state index in [1.165, 1.54) is 24.6 Å². The highest BCUT2D eigenvalue weighted by Crippen LogP contribution is 2.36. The summed E-state index contributed by atoms with van der Waals surface area (Å²) in [5, 5.41) is 18.7. The molecule has 1 aliphatic carbocycles. The number of aliphatic hydroxyl groups excluding tert-OH is 1. The molecule has 2 N–H and O–H groups in total. The lowest BCUT2D eigenvalue weighted by Crippen LogP contribution is -2.17. The predicted octanol–water partition coefficient (Wildman–Crippen LogP) is 4.29. The lowest BCUT2D eigenvalue weighted by Gasteiger charge is -2.20. The molecule has 3 atom stereocenters. The molecule has 5 heteroatoms. The molecule has 0 bridgehead atoms. The lowest BCUT2D eigenvalue weighted by molar-refractivity contribution is -0.133. The largest absolute Gasteiger partial charge is 0.481 e. The fourth-order valence-corrected chi connectivity index (χ4v) is 4.36. The zero-order valence-corrected chi connectivity index (χ0v) is 15.9. The number of Topliss-reactive ketones (excluding diaryl/α,β-unsaturated/α-hetero) is 1. The van der Waals surface area contributed by atoms with Crippen LogP contribution in [0.3, 0.4) is 0 Å². The summed E-state index contributed by atoms with van der Waals surface area (Å²) in [6, 6.07) is 0. The molecule has 0 aliphatic heterocycles. The monoisotopic (exact) mass is 358 g/mol. The number of aliphatic hydroxyl groups is 1. The summed E-state index contributed by atoms with van der Waals surface area (Å²) in [4.78, 5) is 22.6. The average Bonchev–Trinajstić information content (AvgIpc) is 2.89. The molecule has 24 heavy (non-hydrogen) atoms. The number of aliphatic carboxylic acids is 1. The number of carboxylic acid groups (broad SMARTS) is 1. The SMILES string of the molecule is CCCCCC(O)CC[C@H]1CCC(=O)[C@@H]1CCCCSCC(=O)O. The van der Waals surface area contributed by atoms with Gasteiger partial charge in [0.15, 0.2) is 0 Å². The number of hydrogen-bond donors (Lipinski definition) is 2. The normalized spacial score (nSPS) is 22.0. The molecule has 0 heterocycles. The third-order valence-corrected chi connectivity index (χ3v) is 6.06. The lowest BCUT2D eigenvalue weighted by atomic mass is 9.86. The number of rotatable bonds is 14. The van der Waals surface area contributed by atoms with Gasteiger partial charge in [-0.1, -0.05) is 32.6 Å². The maximum absolute atomic E-state index is 12.1. The van der Waals surface area contributed by atoms with Gasteiger partial charge in [0.05, 0.1) is 11.9 Å². The molecule has 140 valence electrons. The van der Waals surface area contributed by atoms with Gasteiger partial charge in [0.1, 0.15) is 5.78 Å². The van der Waals surface area contributed by atoms with Crippen molar-refractivity contribution >= 4 is 23.5 Å². The minimum atomic E-state index is -0.761. The van der Waals surface area contributed by atoms with Gasteiger partial charge >= 0.3 is 5.97 Å². The topological polar surface area (TPSA) is 74.6 Å². The fourth-order valence-electron chi connectivity index (χ4n) is 3.63. The third kappa shape index (κ3) is 9.07. The molecule has 0 spiro atoms. The van der Waals surface area contributed by atoms with Crippen molar-refractivity contribution in [3.05, 3.63) is 0 Å². The smallest absolute Gasteiger partial charge is 0.313 e. The predicted molar refractivity (Wildman–Crippen MR) is 99.4 cm³/mol. The zero-order chi connectivity index (χ0) is 17.8. The first-order valence-electron chi connectivity index (χ1n) is 9.54. The van der Waals surface area contributed by atoms with E-state index < -0.39 is 5.97 Å². The molecule has 1 saturated carbocycles. The van der Waals surface area contributed by atoms with Gasteiger partial charge in [-0.3, -0.25) is 9.59 Å². The fraction of sp³-hybridized carbons (Fsp3) is 0.895. The summed E-state index contributed by atoms with van der Waals surface area (Å²) in [6.45, 7) is 2.17. The van der Waals surface area contributed by atoms with E-state index in [2.05, 4.69) is 6.92 Å². The van der Waals surface area contributed by atoms with Gasteiger partial charge in [0.2, 0.25) is 0 Å². The number of ketones is 1. The first kappa shape index (κ1) is 21.5. The van der Waals surface area contributed by atoms with Crippen LogP contribution in [0.25, 0.3) is 0 Å². The van der Waals surface area contributed by atoms with Crippen LogP contribution in [0.2, 0.25) is 0 Å². The maximum atomic E-state index is 12.1. The summed E-state index contributed by atoms with van der Waals surface area (Å²) in [5.41, 5.74) is 0. The van der Waals surface area contributed by atoms with E-state index in [-0.39, 0.29) is 17.8 Å². The Labute approximate surface area is 150 Å². The molecule has 1 aliphatic rings. The molecule has 0 aromatic rings. The zero-order valence-electron chi connectivity index (χ0n) is 15.0. The van der Waals surface area contributed by atoms with Crippen LogP contribution in [0.4, 0.5) is 0 Å². The van der Waals surface area contributed by atoms with Crippen LogP contribution in [0.5, 0.6) is 0 Å². The van der Waals surface area contributed by atoms with E-state index >= 15 is 0 Å². The van der Waals surface area contributed by atoms with Gasteiger partial charge in [0, 0.05) is 12.3 Å². The Morgan fingerprint density at radius 1 is 1.21 bits per heavy atom. The van der Waals surface area contributed by atoms with Crippen molar-refractivity contribution in [2.24, 2.45) is 11.8 Å². The molecule has 0 amide bonds. The summed E-state index contributed by atoms with van der Waals surface area (Å²) < 4.78 is 0. The Kier molecular flexibility index (Phi) is 11.4. The molecule has 0 aromatic heterocycles. The summed E-state index contributed by atoms with van der Waals surface area (Å²) in [7, 11) is 0. The highest BCUT2D eigenvalue weighted by atomic mass is 32.2. The van der Waals surface area contributed by atoms with E-state index in [1.54, 1.807) is 0 Å². The second-order valence-electron chi connectivity index (χ2n) is 7.04. The van der Waals surface area contributed by atoms with E-state index in [0.717, 1.165) is 57.1 Å². The van der Waals surface area contributed by atoms with Gasteiger partial charge in [-0.25, -0.2) is 0 Å². The van der Waals surface area contributed by atoms with Crippen molar-refractivity contribution in [2.45, 2.75) is 83.7 Å². The van der Waals surface area contributed by atoms with Crippen LogP contribution >= 0.6 is 11.8 Å². The third-order valence-electron chi connectivity index (χ3n) is 5.04. The number of unbranched alkanes of at least 4 members (excludes halogenated alkanes) is 3. The van der Waals surface area contributed by atoms with E-state index in [9.17, 15) is 14.7 Å². The highest BCUT2D eigenvalue weighted by Gasteiger charge is 2.33. The van der Waals surface area contributed by atoms with Crippen LogP contribution in [0.1, 0.15) is 77.6 Å². The van der Waals surface area contributed by atoms with Crippen LogP contribution in [0, 0.1) is 11.8 Å². The van der Waals surface area contributed by atoms with Gasteiger partial charge < -0.3 is 10.2 Å². The van der Waals surface area contributed by atoms with Gasteiger partial charge in [-0.2, -0.15) is 11.8 Å². The molecule has 1 fully saturated rings. The number of hydrogen-bond acceptors (Lipinski definition) is 4. The molecular weight excluding hydrogens is 324 g/mol. The van der Waals surface area contributed by atoms with Crippen molar-refractivity contribution in [1.82, 2.24) is 0 Å². The molecule has 0 aromatic carbocycles. The van der Waals surface area contributed by atoms with Crippen molar-refractivity contribution < 1.29 is 19.8 Å². The number of carboxylic acids is 1. The second-order valence-corrected chi connectivity index (χ2v) is 8.15. The van der Waals surface area contributed by atoms with E-state index in [1.807, 2.05) is 0 Å². The first-order chi connectivity index (χ1) is 11.5. The van der Waals surface area contributed by atoms with Gasteiger partial charge in [0.25, 0.3) is 0 Å². The molecule has 0 saturated heterocycles. The van der Waals surface area contributed by atoms with Gasteiger partial charge in [-0.05, 0) is 50.2 Å². The summed E-state index contributed by atoms with van der Waals surface area (Å²) >= 11 is 1.45. The van der Waals surface area contributed by atoms with E-state index in [0.29, 0.717) is 18.1 Å². The minimum Gasteiger partial charge on any atom is -0.481 e. The molecular formula is C19H34O4S. The molecule has 1 unspecified atom stereocenters. The highest BCUT2D eigenvalue weighted by molar-refractivity contribution is 7.99. The van der Waals surface area contributed by atoms with Crippen LogP contribution in [-0.2, 0) is 9.59 Å².